The summed E-state index contributed by atoms with van der Waals surface area (Å²) in [5.41, 5.74) is 0. The SMILES string of the molecule is COCCNC(=O)CN(CCC(=O)O)CC(C)O. The molecule has 0 aromatic rings. The molecule has 7 heteroatoms. The topological polar surface area (TPSA) is 99.1 Å². The standard InChI is InChI=1S/C11H22N2O5/c1-9(14)7-13(5-3-11(16)17)8-10(15)12-4-6-18-2/h9,14H,3-8H2,1-2H3,(H,12,15)(H,16,17). The van der Waals surface area contributed by atoms with Crippen LogP contribution in [0.1, 0.15) is 13.3 Å². The number of aliphatic carboxylic acids is 1. The Labute approximate surface area is 107 Å². The minimum absolute atomic E-state index is 0.0575. The first kappa shape index (κ1) is 16.8. The summed E-state index contributed by atoms with van der Waals surface area (Å²) in [6.07, 6.45) is -0.663. The first-order valence-electron chi connectivity index (χ1n) is 5.83. The average Bonchev–Trinajstić information content (AvgIpc) is 2.25. The molecule has 0 aliphatic rings. The van der Waals surface area contributed by atoms with E-state index in [0.717, 1.165) is 0 Å². The number of ether oxygens (including phenoxy) is 1. The number of amides is 1. The second-order valence-corrected chi connectivity index (χ2v) is 4.07. The Balaban J connectivity index is 4.04. The van der Waals surface area contributed by atoms with Crippen molar-refractivity contribution in [1.29, 1.82) is 0 Å². The highest BCUT2D eigenvalue weighted by Crippen LogP contribution is 1.95. The molecule has 1 amide bonds. The number of carboxylic acids is 1. The second-order valence-electron chi connectivity index (χ2n) is 4.07. The summed E-state index contributed by atoms with van der Waals surface area (Å²) in [6.45, 7) is 3.01. The minimum Gasteiger partial charge on any atom is -0.481 e. The van der Waals surface area contributed by atoms with Crippen molar-refractivity contribution in [2.45, 2.75) is 19.4 Å². The molecule has 0 aliphatic heterocycles. The van der Waals surface area contributed by atoms with Gasteiger partial charge in [0.05, 0.1) is 25.7 Å². The van der Waals surface area contributed by atoms with Crippen molar-refractivity contribution in [3.8, 4) is 0 Å². The fraction of sp³-hybridized carbons (Fsp3) is 0.818. The van der Waals surface area contributed by atoms with Crippen molar-refractivity contribution in [1.82, 2.24) is 10.2 Å². The summed E-state index contributed by atoms with van der Waals surface area (Å²) < 4.78 is 4.79. The van der Waals surface area contributed by atoms with Crippen LogP contribution in [0.5, 0.6) is 0 Å². The summed E-state index contributed by atoms with van der Waals surface area (Å²) in [7, 11) is 1.54. The predicted molar refractivity (Wildman–Crippen MR) is 65.3 cm³/mol. The number of carbonyl (C=O) groups is 2. The molecule has 0 saturated carbocycles. The van der Waals surface area contributed by atoms with Crippen LogP contribution in [-0.4, -0.2) is 73.0 Å². The van der Waals surface area contributed by atoms with E-state index in [-0.39, 0.29) is 32.0 Å². The first-order valence-corrected chi connectivity index (χ1v) is 5.83. The largest absolute Gasteiger partial charge is 0.481 e. The molecular formula is C11H22N2O5. The third-order valence-corrected chi connectivity index (χ3v) is 2.16. The van der Waals surface area contributed by atoms with Gasteiger partial charge in [0.15, 0.2) is 0 Å². The lowest BCUT2D eigenvalue weighted by molar-refractivity contribution is -0.138. The highest BCUT2D eigenvalue weighted by atomic mass is 16.5. The van der Waals surface area contributed by atoms with Crippen LogP contribution in [0.3, 0.4) is 0 Å². The van der Waals surface area contributed by atoms with Gasteiger partial charge in [0.1, 0.15) is 0 Å². The van der Waals surface area contributed by atoms with Gasteiger partial charge in [-0.05, 0) is 6.92 Å². The maximum Gasteiger partial charge on any atom is 0.304 e. The lowest BCUT2D eigenvalue weighted by Crippen LogP contribution is -2.42. The summed E-state index contributed by atoms with van der Waals surface area (Å²) in [6, 6.07) is 0. The molecular weight excluding hydrogens is 240 g/mol. The van der Waals surface area contributed by atoms with Crippen LogP contribution >= 0.6 is 0 Å². The molecule has 7 nitrogen and oxygen atoms in total. The molecule has 0 spiro atoms. The van der Waals surface area contributed by atoms with Crippen LogP contribution in [0.4, 0.5) is 0 Å². The van der Waals surface area contributed by atoms with E-state index in [4.69, 9.17) is 9.84 Å². The van der Waals surface area contributed by atoms with E-state index >= 15 is 0 Å². The molecule has 1 unspecified atom stereocenters. The highest BCUT2D eigenvalue weighted by molar-refractivity contribution is 5.78. The van der Waals surface area contributed by atoms with Crippen LogP contribution in [0.15, 0.2) is 0 Å². The molecule has 0 heterocycles. The number of nitrogens with one attached hydrogen (secondary N) is 1. The number of carboxylic acid groups (broad SMARTS) is 1. The Morgan fingerprint density at radius 3 is 2.61 bits per heavy atom. The van der Waals surface area contributed by atoms with Gasteiger partial charge in [-0.15, -0.1) is 0 Å². The molecule has 1 atom stereocenters. The Morgan fingerprint density at radius 2 is 2.11 bits per heavy atom. The smallest absolute Gasteiger partial charge is 0.304 e. The molecule has 0 aromatic heterocycles. The second kappa shape index (κ2) is 9.81. The monoisotopic (exact) mass is 262 g/mol. The van der Waals surface area contributed by atoms with Crippen molar-refractivity contribution in [2.75, 3.05) is 39.9 Å². The highest BCUT2D eigenvalue weighted by Gasteiger charge is 2.13. The van der Waals surface area contributed by atoms with Crippen LogP contribution in [0.2, 0.25) is 0 Å². The fourth-order valence-electron chi connectivity index (χ4n) is 1.41. The normalized spacial score (nSPS) is 12.4. The summed E-state index contributed by atoms with van der Waals surface area (Å²) in [5, 5.41) is 20.5. The number of aliphatic hydroxyl groups is 1. The third kappa shape index (κ3) is 10.0. The van der Waals surface area contributed by atoms with Gasteiger partial charge in [-0.2, -0.15) is 0 Å². The van der Waals surface area contributed by atoms with Crippen LogP contribution < -0.4 is 5.32 Å². The lowest BCUT2D eigenvalue weighted by atomic mass is 10.3. The minimum atomic E-state index is -0.926. The van der Waals surface area contributed by atoms with Gasteiger partial charge >= 0.3 is 5.97 Å². The Hall–Kier alpha value is -1.18. The van der Waals surface area contributed by atoms with Gasteiger partial charge in [0.25, 0.3) is 0 Å². The van der Waals surface area contributed by atoms with E-state index in [1.807, 2.05) is 0 Å². The number of rotatable bonds is 10. The van der Waals surface area contributed by atoms with Gasteiger partial charge < -0.3 is 20.3 Å². The zero-order chi connectivity index (χ0) is 14.0. The molecule has 106 valence electrons. The zero-order valence-corrected chi connectivity index (χ0v) is 10.9. The van der Waals surface area contributed by atoms with Crippen molar-refractivity contribution < 1.29 is 24.5 Å². The van der Waals surface area contributed by atoms with Gasteiger partial charge in [-0.3, -0.25) is 14.5 Å². The molecule has 0 aliphatic carbocycles. The molecule has 18 heavy (non-hydrogen) atoms. The Morgan fingerprint density at radius 1 is 1.44 bits per heavy atom. The summed E-state index contributed by atoms with van der Waals surface area (Å²) in [4.78, 5) is 23.6. The number of nitrogens with zero attached hydrogens (tertiary/aromatic N) is 1. The van der Waals surface area contributed by atoms with Gasteiger partial charge in [-0.25, -0.2) is 0 Å². The van der Waals surface area contributed by atoms with Crippen molar-refractivity contribution >= 4 is 11.9 Å². The molecule has 3 N–H and O–H groups in total. The molecule has 0 aromatic carbocycles. The molecule has 0 rings (SSSR count). The van der Waals surface area contributed by atoms with Crippen molar-refractivity contribution in [2.24, 2.45) is 0 Å². The van der Waals surface area contributed by atoms with Gasteiger partial charge in [-0.1, -0.05) is 0 Å². The maximum atomic E-state index is 11.5. The number of methoxy groups -OCH3 is 1. The number of carbonyl (C=O) groups excluding carboxylic acids is 1. The van der Waals surface area contributed by atoms with Gasteiger partial charge in [0, 0.05) is 26.7 Å². The number of hydrogen-bond acceptors (Lipinski definition) is 5. The van der Waals surface area contributed by atoms with Crippen molar-refractivity contribution in [3.05, 3.63) is 0 Å². The van der Waals surface area contributed by atoms with Crippen LogP contribution in [0, 0.1) is 0 Å². The predicted octanol–water partition coefficient (Wildman–Crippen LogP) is -1.09. The average molecular weight is 262 g/mol. The molecule has 0 fully saturated rings. The van der Waals surface area contributed by atoms with Crippen molar-refractivity contribution in [3.63, 3.8) is 0 Å². The van der Waals surface area contributed by atoms with E-state index in [0.29, 0.717) is 13.2 Å². The third-order valence-electron chi connectivity index (χ3n) is 2.16. The summed E-state index contributed by atoms with van der Waals surface area (Å²) >= 11 is 0. The molecule has 0 bridgehead atoms. The van der Waals surface area contributed by atoms with E-state index in [2.05, 4.69) is 5.32 Å². The maximum absolute atomic E-state index is 11.5. The molecule has 0 radical (unpaired) electrons. The Bertz CT molecular complexity index is 258. The van der Waals surface area contributed by atoms with E-state index in [1.165, 1.54) is 0 Å². The fourth-order valence-corrected chi connectivity index (χ4v) is 1.41. The van der Waals surface area contributed by atoms with Crippen LogP contribution in [-0.2, 0) is 14.3 Å². The van der Waals surface area contributed by atoms with E-state index in [9.17, 15) is 14.7 Å². The van der Waals surface area contributed by atoms with Crippen LogP contribution in [0.25, 0.3) is 0 Å². The van der Waals surface area contributed by atoms with Gasteiger partial charge in [0.2, 0.25) is 5.91 Å². The first-order chi connectivity index (χ1) is 8.45. The summed E-state index contributed by atoms with van der Waals surface area (Å²) in [5.74, 6) is -1.14. The Kier molecular flexibility index (Phi) is 9.17. The van der Waals surface area contributed by atoms with E-state index < -0.39 is 12.1 Å². The lowest BCUT2D eigenvalue weighted by Gasteiger charge is -2.22. The van der Waals surface area contributed by atoms with E-state index in [1.54, 1.807) is 18.9 Å². The zero-order valence-electron chi connectivity index (χ0n) is 10.9. The number of hydrogen-bond donors (Lipinski definition) is 3. The number of aliphatic hydroxyl groups excluding tert-OH is 1. The molecule has 0 saturated heterocycles. The quantitative estimate of drug-likeness (QED) is 0.433.